The number of carbonyl (C=O) groups excluding carboxylic acids is 1. The molecule has 8 heteroatoms. The Morgan fingerprint density at radius 1 is 1.07 bits per heavy atom. The summed E-state index contributed by atoms with van der Waals surface area (Å²) in [5.74, 6) is -0.230. The molecule has 1 rings (SSSR count). The fourth-order valence-electron chi connectivity index (χ4n) is 2.75. The quantitative estimate of drug-likeness (QED) is 0.258. The van der Waals surface area contributed by atoms with E-state index in [0.717, 1.165) is 12.8 Å². The van der Waals surface area contributed by atoms with Gasteiger partial charge in [0.25, 0.3) is 0 Å². The number of aliphatic hydroxyl groups is 2. The third kappa shape index (κ3) is 8.08. The average Bonchev–Trinajstić information content (AvgIpc) is 2.68. The predicted octanol–water partition coefficient (Wildman–Crippen LogP) is 0.957. The van der Waals surface area contributed by atoms with Crippen LogP contribution in [-0.2, 0) is 28.5 Å². The highest BCUT2D eigenvalue weighted by Gasteiger charge is 2.47. The largest absolute Gasteiger partial charge is 0.469 e. The van der Waals surface area contributed by atoms with Crippen LogP contribution < -0.4 is 0 Å². The maximum atomic E-state index is 11.1. The van der Waals surface area contributed by atoms with E-state index in [9.17, 15) is 15.0 Å². The van der Waals surface area contributed by atoms with Gasteiger partial charge in [-0.2, -0.15) is 0 Å². The van der Waals surface area contributed by atoms with E-state index in [1.54, 1.807) is 12.2 Å². The number of hydrogen-bond donors (Lipinski definition) is 2. The molecule has 0 bridgehead atoms. The molecule has 0 aromatic rings. The number of aliphatic hydroxyl groups excluding tert-OH is 2. The summed E-state index contributed by atoms with van der Waals surface area (Å²) in [4.78, 5) is 11.1. The van der Waals surface area contributed by atoms with Gasteiger partial charge in [-0.1, -0.05) is 18.6 Å². The molecule has 0 aliphatic carbocycles. The number of esters is 1. The molecule has 5 atom stereocenters. The van der Waals surface area contributed by atoms with E-state index in [-0.39, 0.29) is 25.8 Å². The van der Waals surface area contributed by atoms with Crippen LogP contribution in [0.1, 0.15) is 25.7 Å². The zero-order chi connectivity index (χ0) is 20.1. The lowest BCUT2D eigenvalue weighted by Crippen LogP contribution is -2.61. The molecular formula is C19H32O8. The van der Waals surface area contributed by atoms with E-state index in [1.165, 1.54) is 7.11 Å². The minimum Gasteiger partial charge on any atom is -0.469 e. The summed E-state index contributed by atoms with van der Waals surface area (Å²) in [6.07, 6.45) is 1.61. The smallest absolute Gasteiger partial charge is 0.305 e. The molecular weight excluding hydrogens is 356 g/mol. The highest BCUT2D eigenvalue weighted by atomic mass is 16.7. The Morgan fingerprint density at radius 2 is 1.74 bits per heavy atom. The Kier molecular flexibility index (Phi) is 12.2. The topological polar surface area (TPSA) is 104 Å². The molecule has 0 saturated carbocycles. The molecule has 8 nitrogen and oxygen atoms in total. The second kappa shape index (κ2) is 13.8. The fraction of sp³-hybridized carbons (Fsp3) is 0.737. The van der Waals surface area contributed by atoms with Crippen LogP contribution in [0.4, 0.5) is 0 Å². The van der Waals surface area contributed by atoms with Crippen molar-refractivity contribution in [2.45, 2.75) is 56.4 Å². The third-order valence-electron chi connectivity index (χ3n) is 4.15. The summed E-state index contributed by atoms with van der Waals surface area (Å²) in [5, 5.41) is 19.9. The number of methoxy groups -OCH3 is 1. The van der Waals surface area contributed by atoms with Crippen LogP contribution in [-0.4, -0.2) is 80.4 Å². The van der Waals surface area contributed by atoms with Gasteiger partial charge in [-0.3, -0.25) is 4.79 Å². The van der Waals surface area contributed by atoms with Gasteiger partial charge in [0.05, 0.1) is 26.9 Å². The first kappa shape index (κ1) is 23.7. The lowest BCUT2D eigenvalue weighted by molar-refractivity contribution is -0.313. The molecule has 156 valence electrons. The van der Waals surface area contributed by atoms with Crippen molar-refractivity contribution in [1.82, 2.24) is 0 Å². The van der Waals surface area contributed by atoms with Gasteiger partial charge >= 0.3 is 5.97 Å². The van der Waals surface area contributed by atoms with E-state index in [4.69, 9.17) is 18.9 Å². The van der Waals surface area contributed by atoms with Gasteiger partial charge in [0.2, 0.25) is 0 Å². The van der Waals surface area contributed by atoms with Crippen molar-refractivity contribution in [1.29, 1.82) is 0 Å². The number of hydrogen-bond acceptors (Lipinski definition) is 8. The van der Waals surface area contributed by atoms with Gasteiger partial charge in [-0.05, 0) is 12.8 Å². The van der Waals surface area contributed by atoms with Crippen molar-refractivity contribution < 1.29 is 38.7 Å². The monoisotopic (exact) mass is 388 g/mol. The summed E-state index contributed by atoms with van der Waals surface area (Å²) in [7, 11) is 1.37. The molecule has 0 radical (unpaired) electrons. The van der Waals surface area contributed by atoms with Gasteiger partial charge in [-0.15, -0.1) is 13.2 Å². The van der Waals surface area contributed by atoms with Crippen LogP contribution in [0.5, 0.6) is 0 Å². The van der Waals surface area contributed by atoms with Gasteiger partial charge in [0.15, 0.2) is 6.29 Å². The highest BCUT2D eigenvalue weighted by Crippen LogP contribution is 2.27. The Morgan fingerprint density at radius 3 is 2.33 bits per heavy atom. The van der Waals surface area contributed by atoms with Crippen molar-refractivity contribution >= 4 is 5.97 Å². The van der Waals surface area contributed by atoms with E-state index in [0.29, 0.717) is 19.4 Å². The molecule has 27 heavy (non-hydrogen) atoms. The SMILES string of the molecule is C=CCO[C@H]1[C@H](OCCCCCC(=O)OC)O[C@H](CO)[C@H](O)[C@@H]1OCC=C. The molecule has 1 heterocycles. The Hall–Kier alpha value is -1.29. The van der Waals surface area contributed by atoms with Crippen molar-refractivity contribution in [3.05, 3.63) is 25.3 Å². The van der Waals surface area contributed by atoms with Crippen molar-refractivity contribution in [3.63, 3.8) is 0 Å². The molecule has 0 aromatic heterocycles. The Labute approximate surface area is 160 Å². The van der Waals surface area contributed by atoms with Crippen molar-refractivity contribution in [3.8, 4) is 0 Å². The molecule has 1 saturated heterocycles. The van der Waals surface area contributed by atoms with Gasteiger partial charge in [0.1, 0.15) is 24.4 Å². The summed E-state index contributed by atoms with van der Waals surface area (Å²) in [6.45, 7) is 7.68. The highest BCUT2D eigenvalue weighted by molar-refractivity contribution is 5.68. The van der Waals surface area contributed by atoms with Crippen LogP contribution >= 0.6 is 0 Å². The lowest BCUT2D eigenvalue weighted by atomic mass is 9.98. The fourth-order valence-corrected chi connectivity index (χ4v) is 2.75. The third-order valence-corrected chi connectivity index (χ3v) is 4.15. The normalized spacial score (nSPS) is 27.9. The predicted molar refractivity (Wildman–Crippen MR) is 98.1 cm³/mol. The van der Waals surface area contributed by atoms with Crippen LogP contribution in [0.3, 0.4) is 0 Å². The summed E-state index contributed by atoms with van der Waals surface area (Å²) in [5.41, 5.74) is 0. The second-order valence-electron chi connectivity index (χ2n) is 6.15. The van der Waals surface area contributed by atoms with Crippen LogP contribution in [0.25, 0.3) is 0 Å². The molecule has 1 fully saturated rings. The van der Waals surface area contributed by atoms with Crippen LogP contribution in [0.2, 0.25) is 0 Å². The van der Waals surface area contributed by atoms with Gasteiger partial charge in [0, 0.05) is 13.0 Å². The van der Waals surface area contributed by atoms with E-state index in [1.807, 2.05) is 0 Å². The first-order valence-corrected chi connectivity index (χ1v) is 9.16. The zero-order valence-electron chi connectivity index (χ0n) is 16.0. The first-order chi connectivity index (χ1) is 13.1. The minimum atomic E-state index is -1.07. The number of carbonyl (C=O) groups is 1. The standard InChI is InChI=1S/C19H32O8/c1-4-10-24-17-16(22)14(13-20)27-19(18(17)25-11-5-2)26-12-8-6-7-9-15(21)23-3/h4-5,14,16-20,22H,1-2,6-13H2,3H3/t14-,16+,17+,18-,19-/m1/s1. The molecule has 0 spiro atoms. The number of unbranched alkanes of at least 4 members (excludes halogenated alkanes) is 2. The molecule has 0 unspecified atom stereocenters. The molecule has 2 N–H and O–H groups in total. The Bertz CT molecular complexity index is 441. The summed E-state index contributed by atoms with van der Waals surface area (Å²) in [6, 6.07) is 0. The van der Waals surface area contributed by atoms with E-state index in [2.05, 4.69) is 17.9 Å². The second-order valence-corrected chi connectivity index (χ2v) is 6.15. The van der Waals surface area contributed by atoms with Crippen molar-refractivity contribution in [2.24, 2.45) is 0 Å². The van der Waals surface area contributed by atoms with Gasteiger partial charge < -0.3 is 33.9 Å². The maximum Gasteiger partial charge on any atom is 0.305 e. The van der Waals surface area contributed by atoms with Crippen LogP contribution in [0, 0.1) is 0 Å². The Balaban J connectivity index is 2.61. The maximum absolute atomic E-state index is 11.1. The number of ether oxygens (including phenoxy) is 5. The van der Waals surface area contributed by atoms with Gasteiger partial charge in [-0.25, -0.2) is 0 Å². The number of rotatable bonds is 14. The minimum absolute atomic E-state index is 0.216. The molecule has 0 aromatic carbocycles. The van der Waals surface area contributed by atoms with E-state index < -0.39 is 30.7 Å². The van der Waals surface area contributed by atoms with Crippen molar-refractivity contribution in [2.75, 3.05) is 33.5 Å². The summed E-state index contributed by atoms with van der Waals surface area (Å²) >= 11 is 0. The van der Waals surface area contributed by atoms with E-state index >= 15 is 0 Å². The molecule has 0 amide bonds. The average molecular weight is 388 g/mol. The first-order valence-electron chi connectivity index (χ1n) is 9.16. The summed E-state index contributed by atoms with van der Waals surface area (Å²) < 4.78 is 27.4. The molecule has 1 aliphatic heterocycles. The molecule has 1 aliphatic rings. The lowest BCUT2D eigenvalue weighted by Gasteiger charge is -2.43. The van der Waals surface area contributed by atoms with Crippen LogP contribution in [0.15, 0.2) is 25.3 Å². The zero-order valence-corrected chi connectivity index (χ0v) is 16.0.